The summed E-state index contributed by atoms with van der Waals surface area (Å²) in [7, 11) is 0. The molecule has 27 heavy (non-hydrogen) atoms. The summed E-state index contributed by atoms with van der Waals surface area (Å²) in [5, 5.41) is 4.07. The highest BCUT2D eigenvalue weighted by Gasteiger charge is 2.08. The van der Waals surface area contributed by atoms with E-state index in [0.29, 0.717) is 16.5 Å². The van der Waals surface area contributed by atoms with Crippen molar-refractivity contribution < 1.29 is 9.18 Å². The maximum atomic E-state index is 13.0. The summed E-state index contributed by atoms with van der Waals surface area (Å²) in [6, 6.07) is 15.5. The van der Waals surface area contributed by atoms with Gasteiger partial charge in [-0.25, -0.2) is 4.39 Å². The molecule has 4 rings (SSSR count). The molecule has 4 aromatic rings. The molecule has 0 aliphatic carbocycles. The van der Waals surface area contributed by atoms with Crippen LogP contribution in [-0.2, 0) is 4.79 Å². The molecule has 0 saturated heterocycles. The second-order valence-corrected chi connectivity index (χ2v) is 6.43. The standard InChI is InChI=1S/C20H13FN4OS/c21-16-9-6-15(7-10-16)19-24-20(27-25-19)23-17(26)11-8-14-4-1-3-13-5-2-12-22-18(13)14/h1-12H,(H,23,24,25,26)/b11-8+. The van der Waals surface area contributed by atoms with Crippen LogP contribution in [0.15, 0.2) is 66.9 Å². The monoisotopic (exact) mass is 376 g/mol. The number of benzene rings is 2. The predicted molar refractivity (Wildman–Crippen MR) is 105 cm³/mol. The maximum Gasteiger partial charge on any atom is 0.250 e. The van der Waals surface area contributed by atoms with E-state index in [2.05, 4.69) is 19.7 Å². The minimum Gasteiger partial charge on any atom is -0.297 e. The largest absolute Gasteiger partial charge is 0.297 e. The van der Waals surface area contributed by atoms with Gasteiger partial charge in [0.2, 0.25) is 11.0 Å². The first-order chi connectivity index (χ1) is 13.2. The third-order valence-electron chi connectivity index (χ3n) is 3.84. The molecule has 2 aromatic carbocycles. The zero-order valence-corrected chi connectivity index (χ0v) is 14.8. The van der Waals surface area contributed by atoms with Gasteiger partial charge in [0.1, 0.15) is 5.82 Å². The molecule has 0 radical (unpaired) electrons. The number of rotatable bonds is 4. The van der Waals surface area contributed by atoms with Crippen LogP contribution in [0.3, 0.4) is 0 Å². The molecule has 5 nitrogen and oxygen atoms in total. The number of para-hydroxylation sites is 1. The van der Waals surface area contributed by atoms with Gasteiger partial charge in [-0.2, -0.15) is 9.36 Å². The zero-order valence-electron chi connectivity index (χ0n) is 14.0. The third-order valence-corrected chi connectivity index (χ3v) is 4.47. The van der Waals surface area contributed by atoms with Crippen molar-refractivity contribution in [2.75, 3.05) is 5.32 Å². The SMILES string of the molecule is O=C(/C=C/c1cccc2cccnc12)Nc1nc(-c2ccc(F)cc2)ns1. The van der Waals surface area contributed by atoms with Gasteiger partial charge >= 0.3 is 0 Å². The van der Waals surface area contributed by atoms with Gasteiger partial charge < -0.3 is 0 Å². The number of amides is 1. The van der Waals surface area contributed by atoms with Gasteiger partial charge in [-0.15, -0.1) is 0 Å². The predicted octanol–water partition coefficient (Wildman–Crippen LogP) is 4.54. The molecule has 2 aromatic heterocycles. The number of aromatic nitrogens is 3. The molecule has 1 amide bonds. The van der Waals surface area contributed by atoms with Crippen molar-refractivity contribution in [3.8, 4) is 11.4 Å². The van der Waals surface area contributed by atoms with Crippen molar-refractivity contribution in [1.82, 2.24) is 14.3 Å². The van der Waals surface area contributed by atoms with Crippen LogP contribution in [0.25, 0.3) is 28.4 Å². The first-order valence-corrected chi connectivity index (χ1v) is 8.89. The van der Waals surface area contributed by atoms with E-state index in [-0.39, 0.29) is 11.7 Å². The van der Waals surface area contributed by atoms with Crippen LogP contribution in [0.5, 0.6) is 0 Å². The fourth-order valence-electron chi connectivity index (χ4n) is 2.57. The number of halogens is 1. The van der Waals surface area contributed by atoms with Crippen molar-refractivity contribution >= 4 is 39.6 Å². The Morgan fingerprint density at radius 1 is 1.07 bits per heavy atom. The number of carbonyl (C=O) groups excluding carboxylic acids is 1. The van der Waals surface area contributed by atoms with E-state index in [0.717, 1.165) is 28.0 Å². The van der Waals surface area contributed by atoms with E-state index < -0.39 is 0 Å². The Labute approximate surface area is 158 Å². The Hall–Kier alpha value is -3.45. The van der Waals surface area contributed by atoms with E-state index in [1.165, 1.54) is 18.2 Å². The van der Waals surface area contributed by atoms with E-state index in [9.17, 15) is 9.18 Å². The molecule has 132 valence electrons. The lowest BCUT2D eigenvalue weighted by atomic mass is 10.1. The molecule has 0 spiro atoms. The van der Waals surface area contributed by atoms with Crippen LogP contribution in [-0.4, -0.2) is 20.2 Å². The Bertz CT molecular complexity index is 1130. The number of nitrogens with one attached hydrogen (secondary N) is 1. The molecule has 2 heterocycles. The molecule has 7 heteroatoms. The second-order valence-electron chi connectivity index (χ2n) is 5.67. The lowest BCUT2D eigenvalue weighted by Gasteiger charge is -2.00. The molecular formula is C20H13FN4OS. The Morgan fingerprint density at radius 2 is 1.89 bits per heavy atom. The number of anilines is 1. The van der Waals surface area contributed by atoms with Gasteiger partial charge in [0.05, 0.1) is 5.52 Å². The van der Waals surface area contributed by atoms with Gasteiger partial charge in [-0.1, -0.05) is 24.3 Å². The van der Waals surface area contributed by atoms with Crippen LogP contribution in [0.1, 0.15) is 5.56 Å². The average molecular weight is 376 g/mol. The van der Waals surface area contributed by atoms with E-state index in [4.69, 9.17) is 0 Å². The highest BCUT2D eigenvalue weighted by Crippen LogP contribution is 2.21. The zero-order chi connectivity index (χ0) is 18.6. The molecule has 0 aliphatic rings. The van der Waals surface area contributed by atoms with Crippen molar-refractivity contribution in [2.24, 2.45) is 0 Å². The fourth-order valence-corrected chi connectivity index (χ4v) is 3.16. The van der Waals surface area contributed by atoms with E-state index in [1.54, 1.807) is 24.4 Å². The summed E-state index contributed by atoms with van der Waals surface area (Å²) in [5.74, 6) is -0.196. The molecule has 0 saturated carbocycles. The third kappa shape index (κ3) is 3.88. The summed E-state index contributed by atoms with van der Waals surface area (Å²) in [6.45, 7) is 0. The lowest BCUT2D eigenvalue weighted by molar-refractivity contribution is -0.111. The molecular weight excluding hydrogens is 363 g/mol. The average Bonchev–Trinajstić information content (AvgIpc) is 3.15. The van der Waals surface area contributed by atoms with Gasteiger partial charge in [0.25, 0.3) is 0 Å². The van der Waals surface area contributed by atoms with Gasteiger partial charge in [-0.05, 0) is 36.4 Å². The van der Waals surface area contributed by atoms with Gasteiger partial charge in [0.15, 0.2) is 5.82 Å². The molecule has 0 fully saturated rings. The maximum absolute atomic E-state index is 13.0. The Kier molecular flexibility index (Phi) is 4.67. The summed E-state index contributed by atoms with van der Waals surface area (Å²) in [4.78, 5) is 20.8. The Morgan fingerprint density at radius 3 is 2.74 bits per heavy atom. The van der Waals surface area contributed by atoms with Crippen molar-refractivity contribution in [2.45, 2.75) is 0 Å². The second kappa shape index (κ2) is 7.43. The summed E-state index contributed by atoms with van der Waals surface area (Å²) < 4.78 is 17.2. The van der Waals surface area contributed by atoms with E-state index in [1.807, 2.05) is 30.3 Å². The van der Waals surface area contributed by atoms with Crippen LogP contribution >= 0.6 is 11.5 Å². The van der Waals surface area contributed by atoms with Crippen LogP contribution in [0.2, 0.25) is 0 Å². The molecule has 0 bridgehead atoms. The van der Waals surface area contributed by atoms with Gasteiger partial charge in [-0.3, -0.25) is 15.1 Å². The number of hydrogen-bond acceptors (Lipinski definition) is 5. The smallest absolute Gasteiger partial charge is 0.250 e. The van der Waals surface area contributed by atoms with Gasteiger partial charge in [0, 0.05) is 40.3 Å². The highest BCUT2D eigenvalue weighted by atomic mass is 32.1. The van der Waals surface area contributed by atoms with Crippen LogP contribution in [0.4, 0.5) is 9.52 Å². The minimum absolute atomic E-state index is 0.315. The van der Waals surface area contributed by atoms with Crippen molar-refractivity contribution in [3.63, 3.8) is 0 Å². The fraction of sp³-hybridized carbons (Fsp3) is 0. The number of fused-ring (bicyclic) bond motifs is 1. The first kappa shape index (κ1) is 17.0. The molecule has 1 N–H and O–H groups in total. The molecule has 0 aliphatic heterocycles. The lowest BCUT2D eigenvalue weighted by Crippen LogP contribution is -2.07. The number of hydrogen-bond donors (Lipinski definition) is 1. The summed E-state index contributed by atoms with van der Waals surface area (Å²) >= 11 is 1.07. The normalized spacial score (nSPS) is 11.1. The topological polar surface area (TPSA) is 67.8 Å². The quantitative estimate of drug-likeness (QED) is 0.531. The number of nitrogens with zero attached hydrogens (tertiary/aromatic N) is 3. The Balaban J connectivity index is 1.48. The van der Waals surface area contributed by atoms with Crippen molar-refractivity contribution in [1.29, 1.82) is 0 Å². The van der Waals surface area contributed by atoms with E-state index >= 15 is 0 Å². The number of pyridine rings is 1. The van der Waals surface area contributed by atoms with Crippen LogP contribution < -0.4 is 5.32 Å². The summed E-state index contributed by atoms with van der Waals surface area (Å²) in [6.07, 6.45) is 4.87. The first-order valence-electron chi connectivity index (χ1n) is 8.11. The van der Waals surface area contributed by atoms with Crippen LogP contribution in [0, 0.1) is 5.82 Å². The van der Waals surface area contributed by atoms with Crippen molar-refractivity contribution in [3.05, 3.63) is 78.3 Å². The number of carbonyl (C=O) groups is 1. The minimum atomic E-state index is -0.324. The highest BCUT2D eigenvalue weighted by molar-refractivity contribution is 7.10. The molecule has 0 unspecified atom stereocenters. The summed E-state index contributed by atoms with van der Waals surface area (Å²) in [5.41, 5.74) is 2.37. The molecule has 0 atom stereocenters.